The van der Waals surface area contributed by atoms with Gasteiger partial charge < -0.3 is 16.2 Å². The maximum atomic E-state index is 5.82. The van der Waals surface area contributed by atoms with Gasteiger partial charge in [0.15, 0.2) is 0 Å². The Morgan fingerprint density at radius 1 is 1.46 bits per heavy atom. The molecule has 1 unspecified atom stereocenters. The second-order valence-electron chi connectivity index (χ2n) is 3.15. The van der Waals surface area contributed by atoms with Gasteiger partial charge in [-0.25, -0.2) is 0 Å². The van der Waals surface area contributed by atoms with Crippen LogP contribution in [0.1, 0.15) is 12.5 Å². The van der Waals surface area contributed by atoms with Crippen LogP contribution in [0.3, 0.4) is 0 Å². The van der Waals surface area contributed by atoms with Crippen LogP contribution < -0.4 is 16.2 Å². The molecule has 0 amide bonds. The maximum Gasteiger partial charge on any atom is 0.142 e. The molecular weight excluding hydrogens is 164 g/mol. The first kappa shape index (κ1) is 9.86. The fourth-order valence-corrected chi connectivity index (χ4v) is 1.02. The number of ether oxygens (including phenoxy) is 1. The fraction of sp³-hybridized carbons (Fsp3) is 0.400. The molecule has 0 aromatic heterocycles. The van der Waals surface area contributed by atoms with Gasteiger partial charge in [-0.2, -0.15) is 0 Å². The second-order valence-corrected chi connectivity index (χ2v) is 3.15. The van der Waals surface area contributed by atoms with Gasteiger partial charge in [0.2, 0.25) is 0 Å². The quantitative estimate of drug-likeness (QED) is 0.689. The van der Waals surface area contributed by atoms with Crippen LogP contribution in [-0.4, -0.2) is 12.6 Å². The van der Waals surface area contributed by atoms with Gasteiger partial charge in [0.25, 0.3) is 0 Å². The summed E-state index contributed by atoms with van der Waals surface area (Å²) in [4.78, 5) is 0. The molecule has 0 saturated carbocycles. The molecule has 0 spiro atoms. The highest BCUT2D eigenvalue weighted by Gasteiger charge is 2.05. The molecule has 0 aliphatic rings. The van der Waals surface area contributed by atoms with Gasteiger partial charge in [0.1, 0.15) is 11.9 Å². The van der Waals surface area contributed by atoms with E-state index in [9.17, 15) is 0 Å². The minimum atomic E-state index is 0.00380. The molecule has 1 aromatic rings. The van der Waals surface area contributed by atoms with E-state index in [2.05, 4.69) is 0 Å². The van der Waals surface area contributed by atoms with Crippen LogP contribution >= 0.6 is 0 Å². The fourth-order valence-electron chi connectivity index (χ4n) is 1.02. The number of nitrogen functional groups attached to an aromatic ring is 1. The number of para-hydroxylation sites is 1. The lowest BCUT2D eigenvalue weighted by atomic mass is 10.2. The summed E-state index contributed by atoms with van der Waals surface area (Å²) in [5.74, 6) is 0.720. The molecule has 72 valence electrons. The number of anilines is 1. The van der Waals surface area contributed by atoms with E-state index >= 15 is 0 Å². The number of hydrogen-bond acceptors (Lipinski definition) is 3. The molecule has 0 fully saturated rings. The number of aryl methyl sites for hydroxylation is 1. The molecule has 0 heterocycles. The predicted octanol–water partition coefficient (Wildman–Crippen LogP) is 1.30. The molecule has 3 heteroatoms. The molecule has 0 aliphatic heterocycles. The van der Waals surface area contributed by atoms with Gasteiger partial charge in [-0.15, -0.1) is 0 Å². The van der Waals surface area contributed by atoms with Crippen molar-refractivity contribution >= 4 is 5.69 Å². The highest BCUT2D eigenvalue weighted by Crippen LogP contribution is 2.24. The minimum Gasteiger partial charge on any atom is -0.487 e. The molecule has 0 saturated heterocycles. The Morgan fingerprint density at radius 3 is 2.77 bits per heavy atom. The van der Waals surface area contributed by atoms with Crippen LogP contribution in [0.2, 0.25) is 0 Å². The zero-order valence-corrected chi connectivity index (χ0v) is 8.08. The number of benzene rings is 1. The van der Waals surface area contributed by atoms with Crippen molar-refractivity contribution in [3.8, 4) is 5.75 Å². The Balaban J connectivity index is 2.83. The average Bonchev–Trinajstić information content (AvgIpc) is 2.13. The zero-order valence-electron chi connectivity index (χ0n) is 8.08. The predicted molar refractivity (Wildman–Crippen MR) is 54.7 cm³/mol. The molecule has 1 atom stereocenters. The molecular formula is C10H16N2O. The van der Waals surface area contributed by atoms with Gasteiger partial charge in [-0.1, -0.05) is 12.1 Å². The third kappa shape index (κ3) is 2.36. The molecule has 13 heavy (non-hydrogen) atoms. The lowest BCUT2D eigenvalue weighted by Crippen LogP contribution is -2.23. The number of nitrogens with two attached hydrogens (primary N) is 2. The molecule has 3 nitrogen and oxygen atoms in total. The van der Waals surface area contributed by atoms with Crippen molar-refractivity contribution in [1.82, 2.24) is 0 Å². The Bertz CT molecular complexity index is 286. The minimum absolute atomic E-state index is 0.00380. The van der Waals surface area contributed by atoms with Crippen molar-refractivity contribution in [3.63, 3.8) is 0 Å². The normalized spacial score (nSPS) is 12.5. The number of hydrogen-bond donors (Lipinski definition) is 2. The van der Waals surface area contributed by atoms with E-state index in [1.165, 1.54) is 0 Å². The summed E-state index contributed by atoms with van der Waals surface area (Å²) in [5.41, 5.74) is 13.0. The van der Waals surface area contributed by atoms with E-state index < -0.39 is 0 Å². The summed E-state index contributed by atoms with van der Waals surface area (Å²) in [6, 6.07) is 5.73. The Labute approximate surface area is 78.7 Å². The van der Waals surface area contributed by atoms with Crippen LogP contribution in [0, 0.1) is 6.92 Å². The largest absolute Gasteiger partial charge is 0.487 e. The highest BCUT2D eigenvalue weighted by atomic mass is 16.5. The van der Waals surface area contributed by atoms with Crippen molar-refractivity contribution in [1.29, 1.82) is 0 Å². The lowest BCUT2D eigenvalue weighted by molar-refractivity contribution is 0.231. The van der Waals surface area contributed by atoms with Gasteiger partial charge in [0, 0.05) is 6.54 Å². The van der Waals surface area contributed by atoms with Crippen molar-refractivity contribution in [2.75, 3.05) is 12.3 Å². The van der Waals surface area contributed by atoms with Crippen LogP contribution in [0.25, 0.3) is 0 Å². The van der Waals surface area contributed by atoms with Crippen molar-refractivity contribution in [2.24, 2.45) is 5.73 Å². The first-order chi connectivity index (χ1) is 6.15. The Kier molecular flexibility index (Phi) is 3.14. The van der Waals surface area contributed by atoms with E-state index in [-0.39, 0.29) is 6.10 Å². The smallest absolute Gasteiger partial charge is 0.142 e. The zero-order chi connectivity index (χ0) is 9.84. The summed E-state index contributed by atoms with van der Waals surface area (Å²) >= 11 is 0. The van der Waals surface area contributed by atoms with Gasteiger partial charge in [-0.3, -0.25) is 0 Å². The first-order valence-corrected chi connectivity index (χ1v) is 4.37. The van der Waals surface area contributed by atoms with Gasteiger partial charge in [-0.05, 0) is 25.5 Å². The summed E-state index contributed by atoms with van der Waals surface area (Å²) in [5, 5.41) is 0. The SMILES string of the molecule is Cc1cccc(OC(C)CN)c1N. The molecule has 4 N–H and O–H groups in total. The van der Waals surface area contributed by atoms with E-state index in [1.54, 1.807) is 0 Å². The van der Waals surface area contributed by atoms with Crippen molar-refractivity contribution in [2.45, 2.75) is 20.0 Å². The topological polar surface area (TPSA) is 61.3 Å². The average molecular weight is 180 g/mol. The second kappa shape index (κ2) is 4.14. The molecule has 0 bridgehead atoms. The molecule has 0 aliphatic carbocycles. The van der Waals surface area contributed by atoms with Crippen LogP contribution in [0.5, 0.6) is 5.75 Å². The third-order valence-corrected chi connectivity index (χ3v) is 1.94. The third-order valence-electron chi connectivity index (χ3n) is 1.94. The molecule has 0 radical (unpaired) electrons. The van der Waals surface area contributed by atoms with Gasteiger partial charge >= 0.3 is 0 Å². The summed E-state index contributed by atoms with van der Waals surface area (Å²) < 4.78 is 5.53. The van der Waals surface area contributed by atoms with Crippen molar-refractivity contribution in [3.05, 3.63) is 23.8 Å². The molecule has 1 rings (SSSR count). The standard InChI is InChI=1S/C10H16N2O/c1-7-4-3-5-9(10(7)12)13-8(2)6-11/h3-5,8H,6,11-12H2,1-2H3. The maximum absolute atomic E-state index is 5.82. The summed E-state index contributed by atoms with van der Waals surface area (Å²) in [6.45, 7) is 4.37. The number of rotatable bonds is 3. The van der Waals surface area contributed by atoms with Crippen LogP contribution in [-0.2, 0) is 0 Å². The van der Waals surface area contributed by atoms with Crippen LogP contribution in [0.15, 0.2) is 18.2 Å². The summed E-state index contributed by atoms with van der Waals surface area (Å²) in [7, 11) is 0. The Hall–Kier alpha value is -1.22. The monoisotopic (exact) mass is 180 g/mol. The summed E-state index contributed by atoms with van der Waals surface area (Å²) in [6.07, 6.45) is 0.00380. The highest BCUT2D eigenvalue weighted by molar-refractivity contribution is 5.57. The Morgan fingerprint density at radius 2 is 2.15 bits per heavy atom. The van der Waals surface area contributed by atoms with Crippen molar-refractivity contribution < 1.29 is 4.74 Å². The van der Waals surface area contributed by atoms with Gasteiger partial charge in [0.05, 0.1) is 5.69 Å². The van der Waals surface area contributed by atoms with E-state index in [1.807, 2.05) is 32.0 Å². The first-order valence-electron chi connectivity index (χ1n) is 4.37. The van der Waals surface area contributed by atoms with E-state index in [0.717, 1.165) is 11.3 Å². The van der Waals surface area contributed by atoms with E-state index in [0.29, 0.717) is 12.2 Å². The lowest BCUT2D eigenvalue weighted by Gasteiger charge is -2.15. The van der Waals surface area contributed by atoms with E-state index in [4.69, 9.17) is 16.2 Å². The molecule has 1 aromatic carbocycles. The van der Waals surface area contributed by atoms with Crippen LogP contribution in [0.4, 0.5) is 5.69 Å².